The molecule has 1 heterocycles. The highest BCUT2D eigenvalue weighted by Gasteiger charge is 2.24. The third-order valence-electron chi connectivity index (χ3n) is 3.05. The number of thiophene rings is 1. The molecule has 0 bridgehead atoms. The lowest BCUT2D eigenvalue weighted by Crippen LogP contribution is -2.41. The van der Waals surface area contributed by atoms with Crippen molar-refractivity contribution in [2.75, 3.05) is 0 Å². The van der Waals surface area contributed by atoms with Gasteiger partial charge in [-0.2, -0.15) is 0 Å². The van der Waals surface area contributed by atoms with Gasteiger partial charge in [-0.25, -0.2) is 13.6 Å². The topological polar surface area (TPSA) is 89.3 Å². The number of carbonyl (C=O) groups excluding carboxylic acids is 1. The molecule has 0 aliphatic rings. The summed E-state index contributed by atoms with van der Waals surface area (Å²) in [5.41, 5.74) is -0.0647. The Hall–Kier alpha value is -0.920. The number of carbonyl (C=O) groups is 1. The summed E-state index contributed by atoms with van der Waals surface area (Å²) in [6.07, 6.45) is 0. The van der Waals surface area contributed by atoms with Crippen LogP contribution in [0.3, 0.4) is 0 Å². The largest absolute Gasteiger partial charge is 0.348 e. The second-order valence-corrected chi connectivity index (χ2v) is 8.42. The summed E-state index contributed by atoms with van der Waals surface area (Å²) in [5, 5.41) is 7.95. The van der Waals surface area contributed by atoms with Crippen LogP contribution in [-0.2, 0) is 10.0 Å². The van der Waals surface area contributed by atoms with Gasteiger partial charge in [0.05, 0.1) is 9.77 Å². The first kappa shape index (κ1) is 16.1. The van der Waals surface area contributed by atoms with Crippen molar-refractivity contribution in [3.63, 3.8) is 0 Å². The average Bonchev–Trinajstić information content (AvgIpc) is 2.58. The summed E-state index contributed by atoms with van der Waals surface area (Å²) >= 11 is 1.13. The number of hydrogen-bond donors (Lipinski definition) is 2. The lowest BCUT2D eigenvalue weighted by molar-refractivity contribution is 0.0914. The standard InChI is InChI=1S/C12H20N2O3S2/c1-7-10(19(13,16)17)6-9(18-7)11(15)14-8(2)12(3,4)5/h6,8H,1-5H3,(H,14,15)(H2,13,16,17). The minimum absolute atomic E-state index is 0.0195. The Labute approximate surface area is 118 Å². The van der Waals surface area contributed by atoms with Gasteiger partial charge in [0.2, 0.25) is 10.0 Å². The number of aryl methyl sites for hydroxylation is 1. The summed E-state index contributed by atoms with van der Waals surface area (Å²) in [6.45, 7) is 9.61. The lowest BCUT2D eigenvalue weighted by Gasteiger charge is -2.27. The van der Waals surface area contributed by atoms with Crippen molar-refractivity contribution in [1.29, 1.82) is 0 Å². The van der Waals surface area contributed by atoms with Gasteiger partial charge in [0, 0.05) is 10.9 Å². The molecule has 5 nitrogen and oxygen atoms in total. The van der Waals surface area contributed by atoms with Gasteiger partial charge in [0.1, 0.15) is 0 Å². The Kier molecular flexibility index (Phi) is 4.44. The van der Waals surface area contributed by atoms with Crippen LogP contribution >= 0.6 is 11.3 Å². The Morgan fingerprint density at radius 3 is 2.32 bits per heavy atom. The predicted molar refractivity (Wildman–Crippen MR) is 76.8 cm³/mol. The highest BCUT2D eigenvalue weighted by atomic mass is 32.2. The quantitative estimate of drug-likeness (QED) is 0.893. The SMILES string of the molecule is Cc1sc(C(=O)NC(C)C(C)(C)C)cc1S(N)(=O)=O. The van der Waals surface area contributed by atoms with E-state index in [4.69, 9.17) is 5.14 Å². The average molecular weight is 304 g/mol. The molecule has 1 atom stereocenters. The minimum Gasteiger partial charge on any atom is -0.348 e. The van der Waals surface area contributed by atoms with E-state index in [1.54, 1.807) is 6.92 Å². The Morgan fingerprint density at radius 1 is 1.42 bits per heavy atom. The first-order valence-electron chi connectivity index (χ1n) is 5.87. The van der Waals surface area contributed by atoms with E-state index in [2.05, 4.69) is 5.32 Å². The van der Waals surface area contributed by atoms with Crippen molar-refractivity contribution < 1.29 is 13.2 Å². The van der Waals surface area contributed by atoms with Crippen molar-refractivity contribution >= 4 is 27.3 Å². The molecule has 0 aliphatic heterocycles. The van der Waals surface area contributed by atoms with E-state index in [9.17, 15) is 13.2 Å². The number of amides is 1. The van der Waals surface area contributed by atoms with E-state index in [-0.39, 0.29) is 22.3 Å². The molecule has 0 saturated carbocycles. The smallest absolute Gasteiger partial charge is 0.261 e. The maximum Gasteiger partial charge on any atom is 0.261 e. The monoisotopic (exact) mass is 304 g/mol. The molecular weight excluding hydrogens is 284 g/mol. The zero-order valence-corrected chi connectivity index (χ0v) is 13.4. The first-order chi connectivity index (χ1) is 8.43. The van der Waals surface area contributed by atoms with E-state index in [0.29, 0.717) is 9.75 Å². The van der Waals surface area contributed by atoms with Crippen LogP contribution in [0, 0.1) is 12.3 Å². The zero-order chi connectivity index (χ0) is 15.0. The van der Waals surface area contributed by atoms with Crippen molar-refractivity contribution in [2.24, 2.45) is 10.6 Å². The molecule has 19 heavy (non-hydrogen) atoms. The molecule has 7 heteroatoms. The molecule has 3 N–H and O–H groups in total. The van der Waals surface area contributed by atoms with Gasteiger partial charge in [-0.3, -0.25) is 4.79 Å². The molecule has 0 saturated heterocycles. The van der Waals surface area contributed by atoms with Crippen LogP contribution in [0.4, 0.5) is 0 Å². The fraction of sp³-hybridized carbons (Fsp3) is 0.583. The van der Waals surface area contributed by atoms with Crippen LogP contribution in [0.25, 0.3) is 0 Å². The van der Waals surface area contributed by atoms with E-state index in [1.807, 2.05) is 27.7 Å². The van der Waals surface area contributed by atoms with Crippen LogP contribution in [0.15, 0.2) is 11.0 Å². The van der Waals surface area contributed by atoms with Crippen molar-refractivity contribution in [2.45, 2.75) is 45.6 Å². The summed E-state index contributed by atoms with van der Waals surface area (Å²) in [4.78, 5) is 13.0. The van der Waals surface area contributed by atoms with Crippen LogP contribution in [0.5, 0.6) is 0 Å². The second-order valence-electron chi connectivity index (χ2n) is 5.64. The number of primary sulfonamides is 1. The highest BCUT2D eigenvalue weighted by molar-refractivity contribution is 7.89. The summed E-state index contributed by atoms with van der Waals surface area (Å²) in [5.74, 6) is -0.273. The number of sulfonamides is 1. The van der Waals surface area contributed by atoms with Gasteiger partial charge in [0.25, 0.3) is 5.91 Å². The van der Waals surface area contributed by atoms with Gasteiger partial charge in [-0.05, 0) is 25.3 Å². The second kappa shape index (κ2) is 5.22. The minimum atomic E-state index is -3.77. The van der Waals surface area contributed by atoms with Crippen LogP contribution in [0.2, 0.25) is 0 Å². The van der Waals surface area contributed by atoms with Gasteiger partial charge in [0.15, 0.2) is 0 Å². The molecule has 0 aromatic carbocycles. The predicted octanol–water partition coefficient (Wildman–Crippen LogP) is 1.87. The Bertz CT molecular complexity index is 583. The lowest BCUT2D eigenvalue weighted by atomic mass is 9.88. The fourth-order valence-corrected chi connectivity index (χ4v) is 3.39. The number of rotatable bonds is 3. The number of nitrogens with one attached hydrogen (secondary N) is 1. The van der Waals surface area contributed by atoms with Crippen LogP contribution in [-0.4, -0.2) is 20.4 Å². The molecule has 0 radical (unpaired) electrons. The van der Waals surface area contributed by atoms with E-state index < -0.39 is 10.0 Å². The molecule has 108 valence electrons. The van der Waals surface area contributed by atoms with E-state index >= 15 is 0 Å². The Balaban J connectivity index is 2.97. The van der Waals surface area contributed by atoms with Gasteiger partial charge in [-0.15, -0.1) is 11.3 Å². The molecule has 1 aromatic heterocycles. The van der Waals surface area contributed by atoms with Gasteiger partial charge in [-0.1, -0.05) is 20.8 Å². The van der Waals surface area contributed by atoms with Crippen molar-refractivity contribution in [3.8, 4) is 0 Å². The normalized spacial score (nSPS) is 14.2. The molecule has 0 aliphatic carbocycles. The zero-order valence-electron chi connectivity index (χ0n) is 11.8. The summed E-state index contributed by atoms with van der Waals surface area (Å²) in [6, 6.07) is 1.31. The molecule has 0 fully saturated rings. The van der Waals surface area contributed by atoms with E-state index in [1.165, 1.54) is 6.07 Å². The van der Waals surface area contributed by atoms with Crippen molar-refractivity contribution in [3.05, 3.63) is 15.8 Å². The first-order valence-corrected chi connectivity index (χ1v) is 8.23. The van der Waals surface area contributed by atoms with Crippen LogP contribution in [0.1, 0.15) is 42.2 Å². The van der Waals surface area contributed by atoms with Gasteiger partial charge < -0.3 is 5.32 Å². The number of nitrogens with two attached hydrogens (primary N) is 1. The number of hydrogen-bond acceptors (Lipinski definition) is 4. The molecule has 1 aromatic rings. The molecular formula is C12H20N2O3S2. The fourth-order valence-electron chi connectivity index (χ4n) is 1.34. The molecule has 0 spiro atoms. The van der Waals surface area contributed by atoms with Gasteiger partial charge >= 0.3 is 0 Å². The molecule has 1 amide bonds. The summed E-state index contributed by atoms with van der Waals surface area (Å²) in [7, 11) is -3.77. The highest BCUT2D eigenvalue weighted by Crippen LogP contribution is 2.25. The molecule has 1 rings (SSSR count). The van der Waals surface area contributed by atoms with Crippen molar-refractivity contribution in [1.82, 2.24) is 5.32 Å². The Morgan fingerprint density at radius 2 is 1.95 bits per heavy atom. The third-order valence-corrected chi connectivity index (χ3v) is 5.26. The summed E-state index contributed by atoms with van der Waals surface area (Å²) < 4.78 is 22.6. The third kappa shape index (κ3) is 4.02. The maximum atomic E-state index is 12.1. The van der Waals surface area contributed by atoms with E-state index in [0.717, 1.165) is 11.3 Å². The molecule has 1 unspecified atom stereocenters. The van der Waals surface area contributed by atoms with Crippen LogP contribution < -0.4 is 10.5 Å². The maximum absolute atomic E-state index is 12.1.